The van der Waals surface area contributed by atoms with Crippen molar-refractivity contribution in [1.82, 2.24) is 0 Å². The van der Waals surface area contributed by atoms with Crippen molar-refractivity contribution < 1.29 is 31.4 Å². The summed E-state index contributed by atoms with van der Waals surface area (Å²) in [6.45, 7) is 2.06. The number of benzene rings is 5. The van der Waals surface area contributed by atoms with Crippen LogP contribution in [0.15, 0.2) is 91.0 Å². The van der Waals surface area contributed by atoms with Gasteiger partial charge in [-0.15, -0.1) is 0 Å². The monoisotopic (exact) mass is 604 g/mol. The van der Waals surface area contributed by atoms with Crippen LogP contribution in [0, 0.1) is 0 Å². The van der Waals surface area contributed by atoms with Crippen molar-refractivity contribution >= 4 is 17.1 Å². The van der Waals surface area contributed by atoms with Crippen LogP contribution in [0.2, 0.25) is 0 Å². The summed E-state index contributed by atoms with van der Waals surface area (Å²) in [5.74, 6) is -0.178. The molecule has 44 heavy (non-hydrogen) atoms. The second kappa shape index (κ2) is 10.7. The van der Waals surface area contributed by atoms with E-state index in [9.17, 15) is 31.4 Å². The molecule has 0 spiro atoms. The molecule has 224 valence electrons. The zero-order chi connectivity index (χ0) is 31.4. The van der Waals surface area contributed by atoms with Crippen molar-refractivity contribution in [3.63, 3.8) is 0 Å². The molecule has 1 aliphatic carbocycles. The third-order valence-corrected chi connectivity index (χ3v) is 7.97. The molecule has 0 fully saturated rings. The van der Waals surface area contributed by atoms with Crippen LogP contribution in [0.5, 0.6) is 5.75 Å². The molecule has 0 unspecified atom stereocenters. The number of nitrogens with two attached hydrogens (primary N) is 1. The second-order valence-corrected chi connectivity index (χ2v) is 10.7. The fraction of sp³-hybridized carbons (Fsp3) is 0.143. The predicted molar refractivity (Wildman–Crippen MR) is 161 cm³/mol. The third-order valence-electron chi connectivity index (χ3n) is 7.97. The molecule has 1 aliphatic rings. The maximum atomic E-state index is 13.6. The number of phenols is 1. The Bertz CT molecular complexity index is 1860. The second-order valence-electron chi connectivity index (χ2n) is 10.7. The van der Waals surface area contributed by atoms with Gasteiger partial charge in [0.1, 0.15) is 5.75 Å². The van der Waals surface area contributed by atoms with Crippen LogP contribution < -0.4 is 11.1 Å². The summed E-state index contributed by atoms with van der Waals surface area (Å²) in [5.41, 5.74) is 10.4. The molecule has 0 saturated heterocycles. The van der Waals surface area contributed by atoms with E-state index >= 15 is 0 Å². The molecule has 0 radical (unpaired) electrons. The maximum Gasteiger partial charge on any atom is 0.416 e. The summed E-state index contributed by atoms with van der Waals surface area (Å²) in [5, 5.41) is 14.6. The molecule has 0 saturated carbocycles. The fourth-order valence-electron chi connectivity index (χ4n) is 5.92. The summed E-state index contributed by atoms with van der Waals surface area (Å²) < 4.78 is 81.9. The lowest BCUT2D eigenvalue weighted by atomic mass is 9.90. The number of hydrogen-bond acceptors (Lipinski definition) is 3. The van der Waals surface area contributed by atoms with Gasteiger partial charge in [-0.3, -0.25) is 0 Å². The molecule has 5 aromatic rings. The number of halogens is 6. The van der Waals surface area contributed by atoms with Crippen LogP contribution in [-0.4, -0.2) is 5.11 Å². The lowest BCUT2D eigenvalue weighted by Gasteiger charge is -2.21. The van der Waals surface area contributed by atoms with Gasteiger partial charge in [0.15, 0.2) is 0 Å². The highest BCUT2D eigenvalue weighted by Crippen LogP contribution is 2.50. The normalized spacial score (nSPS) is 12.6. The Labute approximate surface area is 249 Å². The van der Waals surface area contributed by atoms with Crippen LogP contribution in [0.1, 0.15) is 34.7 Å². The van der Waals surface area contributed by atoms with Crippen LogP contribution >= 0.6 is 0 Å². The van der Waals surface area contributed by atoms with Gasteiger partial charge in [-0.1, -0.05) is 55.5 Å². The molecule has 3 nitrogen and oxygen atoms in total. The molecule has 4 N–H and O–H groups in total. The van der Waals surface area contributed by atoms with E-state index in [1.54, 1.807) is 42.5 Å². The maximum absolute atomic E-state index is 13.6. The number of nitrogen functional groups attached to an aromatic ring is 1. The Balaban J connectivity index is 1.57. The number of phenolic OH excluding ortho intramolecular Hbond substituents is 1. The number of aromatic hydroxyl groups is 1. The van der Waals surface area contributed by atoms with Crippen LogP contribution in [0.3, 0.4) is 0 Å². The standard InChI is InChI=1S/C35H26F6N2O/c1-2-19-5-3-6-21-15-29-27(31(19)21)7-4-8-28(29)32-30(14-13-26(33(32)44)20-9-11-24(42)12-10-20)43-25-17-22(34(36,37)38)16-23(18-25)35(39,40)41/h3-14,16-18,43-44H,2,15,42H2,1H3. The van der Waals surface area contributed by atoms with E-state index in [-0.39, 0.29) is 23.1 Å². The first-order valence-corrected chi connectivity index (χ1v) is 13.9. The lowest BCUT2D eigenvalue weighted by Crippen LogP contribution is -2.11. The molecule has 0 bridgehead atoms. The molecular weight excluding hydrogens is 578 g/mol. The highest BCUT2D eigenvalue weighted by atomic mass is 19.4. The zero-order valence-electron chi connectivity index (χ0n) is 23.4. The van der Waals surface area contributed by atoms with E-state index in [4.69, 9.17) is 5.73 Å². The molecule has 0 aromatic heterocycles. The van der Waals surface area contributed by atoms with E-state index in [0.29, 0.717) is 40.9 Å². The molecule has 5 aromatic carbocycles. The van der Waals surface area contributed by atoms with Gasteiger partial charge in [-0.25, -0.2) is 0 Å². The largest absolute Gasteiger partial charge is 0.507 e. The Hall–Kier alpha value is -4.92. The number of alkyl halides is 6. The SMILES string of the molecule is CCc1cccc2c1-c1cccc(-c3c(Nc4cc(C(F)(F)F)cc(C(F)(F)F)c4)ccc(-c4ccc(N)cc4)c3O)c1C2. The summed E-state index contributed by atoms with van der Waals surface area (Å²) in [6, 6.07) is 22.9. The van der Waals surface area contributed by atoms with Gasteiger partial charge >= 0.3 is 12.4 Å². The van der Waals surface area contributed by atoms with Crippen molar-refractivity contribution in [2.24, 2.45) is 0 Å². The fourth-order valence-corrected chi connectivity index (χ4v) is 5.92. The van der Waals surface area contributed by atoms with E-state index in [1.807, 2.05) is 24.3 Å². The van der Waals surface area contributed by atoms with Crippen molar-refractivity contribution in [3.8, 4) is 39.1 Å². The van der Waals surface area contributed by atoms with E-state index in [2.05, 4.69) is 18.3 Å². The highest BCUT2D eigenvalue weighted by molar-refractivity contribution is 5.96. The average Bonchev–Trinajstić information content (AvgIpc) is 3.36. The minimum atomic E-state index is -5.01. The minimum Gasteiger partial charge on any atom is -0.507 e. The van der Waals surface area contributed by atoms with Crippen molar-refractivity contribution in [2.45, 2.75) is 32.1 Å². The van der Waals surface area contributed by atoms with E-state index in [1.165, 1.54) is 0 Å². The highest BCUT2D eigenvalue weighted by Gasteiger charge is 2.37. The first-order chi connectivity index (χ1) is 20.8. The van der Waals surface area contributed by atoms with Crippen LogP contribution in [-0.2, 0) is 25.2 Å². The van der Waals surface area contributed by atoms with Gasteiger partial charge in [0.2, 0.25) is 0 Å². The van der Waals surface area contributed by atoms with Crippen molar-refractivity contribution in [2.75, 3.05) is 11.1 Å². The van der Waals surface area contributed by atoms with Crippen LogP contribution in [0.4, 0.5) is 43.4 Å². The Kier molecular flexibility index (Phi) is 7.07. The Morgan fingerprint density at radius 3 is 1.95 bits per heavy atom. The zero-order valence-corrected chi connectivity index (χ0v) is 23.4. The summed E-state index contributed by atoms with van der Waals surface area (Å²) >= 11 is 0. The molecular formula is C35H26F6N2O. The lowest BCUT2D eigenvalue weighted by molar-refractivity contribution is -0.143. The molecule has 0 aliphatic heterocycles. The number of aryl methyl sites for hydroxylation is 1. The first-order valence-electron chi connectivity index (χ1n) is 13.9. The molecule has 0 atom stereocenters. The molecule has 6 rings (SSSR count). The summed E-state index contributed by atoms with van der Waals surface area (Å²) in [7, 11) is 0. The van der Waals surface area contributed by atoms with Gasteiger partial charge in [-0.05, 0) is 94.3 Å². The summed E-state index contributed by atoms with van der Waals surface area (Å²) in [4.78, 5) is 0. The molecule has 9 heteroatoms. The third kappa shape index (κ3) is 5.23. The molecule has 0 amide bonds. The van der Waals surface area contributed by atoms with Gasteiger partial charge in [0, 0.05) is 22.5 Å². The van der Waals surface area contributed by atoms with Crippen molar-refractivity contribution in [3.05, 3.63) is 119 Å². The number of anilines is 3. The predicted octanol–water partition coefficient (Wildman–Crippen LogP) is 10.2. The Morgan fingerprint density at radius 2 is 1.34 bits per heavy atom. The first kappa shape index (κ1) is 29.2. The molecule has 0 heterocycles. The van der Waals surface area contributed by atoms with Gasteiger partial charge in [0.25, 0.3) is 0 Å². The summed E-state index contributed by atoms with van der Waals surface area (Å²) in [6.07, 6.45) is -8.68. The van der Waals surface area contributed by atoms with Gasteiger partial charge in [-0.2, -0.15) is 26.3 Å². The van der Waals surface area contributed by atoms with E-state index < -0.39 is 29.2 Å². The topological polar surface area (TPSA) is 58.3 Å². The van der Waals surface area contributed by atoms with Crippen LogP contribution in [0.25, 0.3) is 33.4 Å². The number of fused-ring (bicyclic) bond motifs is 3. The average molecular weight is 605 g/mol. The minimum absolute atomic E-state index is 0.0837. The van der Waals surface area contributed by atoms with E-state index in [0.717, 1.165) is 34.2 Å². The number of nitrogens with one attached hydrogen (secondary N) is 1. The number of hydrogen-bond donors (Lipinski definition) is 3. The quantitative estimate of drug-likeness (QED) is 0.136. The smallest absolute Gasteiger partial charge is 0.416 e. The number of rotatable bonds is 5. The van der Waals surface area contributed by atoms with Gasteiger partial charge in [0.05, 0.1) is 16.8 Å². The Morgan fingerprint density at radius 1 is 0.727 bits per heavy atom. The van der Waals surface area contributed by atoms with Crippen molar-refractivity contribution in [1.29, 1.82) is 0 Å². The van der Waals surface area contributed by atoms with Gasteiger partial charge < -0.3 is 16.2 Å².